The molecule has 5 rings (SSSR count). The van der Waals surface area contributed by atoms with Crippen molar-refractivity contribution in [3.8, 4) is 5.75 Å². The fourth-order valence-electron chi connectivity index (χ4n) is 5.86. The Morgan fingerprint density at radius 3 is 2.19 bits per heavy atom. The summed E-state index contributed by atoms with van der Waals surface area (Å²) in [6.45, 7) is 2.07. The highest BCUT2D eigenvalue weighted by atomic mass is 31.3. The van der Waals surface area contributed by atoms with Crippen LogP contribution in [0.3, 0.4) is 0 Å². The largest absolute Gasteiger partial charge is 0.483 e. The number of aliphatic hydroxyl groups excluding tert-OH is 6. The quantitative estimate of drug-likeness (QED) is 0.0281. The van der Waals surface area contributed by atoms with Gasteiger partial charge in [-0.05, 0) is 61.6 Å². The van der Waals surface area contributed by atoms with Gasteiger partial charge >= 0.3 is 33.3 Å². The van der Waals surface area contributed by atoms with E-state index >= 15 is 0 Å². The second-order valence-electron chi connectivity index (χ2n) is 14.2. The number of allylic oxidation sites excluding steroid dienone is 2. The lowest BCUT2D eigenvalue weighted by Gasteiger charge is -2.39. The Kier molecular flexibility index (Phi) is 18.6. The molecule has 0 saturated carbocycles. The lowest BCUT2D eigenvalue weighted by molar-refractivity contribution is -0.280. The monoisotopic (exact) mass is 930 g/mol. The fourth-order valence-corrected chi connectivity index (χ4v) is 8.02. The van der Waals surface area contributed by atoms with Gasteiger partial charge in [0, 0.05) is 24.8 Å². The summed E-state index contributed by atoms with van der Waals surface area (Å²) < 4.78 is 53.6. The van der Waals surface area contributed by atoms with E-state index in [0.717, 1.165) is 45.2 Å². The maximum atomic E-state index is 12.2. The molecule has 23 nitrogen and oxygen atoms in total. The van der Waals surface area contributed by atoms with Crippen LogP contribution in [0.2, 0.25) is 0 Å². The Balaban J connectivity index is 0.000000288. The second kappa shape index (κ2) is 22.9. The Labute approximate surface area is 357 Å². The van der Waals surface area contributed by atoms with E-state index in [0.29, 0.717) is 25.0 Å². The first-order valence-electron chi connectivity index (χ1n) is 18.8. The van der Waals surface area contributed by atoms with Crippen molar-refractivity contribution in [1.29, 1.82) is 0 Å². The number of nitrogens with zero attached hydrogens (tertiary/aromatic N) is 1. The van der Waals surface area contributed by atoms with Gasteiger partial charge in [0.2, 0.25) is 0 Å². The maximum Gasteiger partial charge on any atom is 0.483 e. The Hall–Kier alpha value is -4.52. The van der Waals surface area contributed by atoms with E-state index in [4.69, 9.17) is 24.4 Å². The van der Waals surface area contributed by atoms with Crippen molar-refractivity contribution >= 4 is 33.7 Å². The summed E-state index contributed by atoms with van der Waals surface area (Å²) in [5, 5.41) is 67.3. The maximum absolute atomic E-state index is 12.2. The first-order valence-corrected chi connectivity index (χ1v) is 21.8. The number of carbonyl (C=O) groups is 2. The molecule has 25 heteroatoms. The van der Waals surface area contributed by atoms with Gasteiger partial charge in [-0.1, -0.05) is 48.0 Å². The molecule has 2 fully saturated rings. The number of aliphatic carboxylic acids is 1. The summed E-state index contributed by atoms with van der Waals surface area (Å²) in [5.74, 6) is -0.776. The second-order valence-corrected chi connectivity index (χ2v) is 17.2. The van der Waals surface area contributed by atoms with Crippen molar-refractivity contribution in [1.82, 2.24) is 9.55 Å². The summed E-state index contributed by atoms with van der Waals surface area (Å²) in [7, 11) is -11.1. The van der Waals surface area contributed by atoms with Crippen LogP contribution in [-0.2, 0) is 54.4 Å². The molecule has 2 saturated heterocycles. The molecule has 2 aromatic carbocycles. The molecule has 0 bridgehead atoms. The molecule has 3 heterocycles. The van der Waals surface area contributed by atoms with Crippen molar-refractivity contribution in [2.75, 3.05) is 13.2 Å². The molecule has 2 aliphatic heterocycles. The molecule has 2 unspecified atom stereocenters. The van der Waals surface area contributed by atoms with Crippen LogP contribution in [-0.4, -0.2) is 129 Å². The molecule has 3 aromatic rings. The Morgan fingerprint density at radius 2 is 1.56 bits per heavy atom. The molecule has 0 spiro atoms. The number of aliphatic hydroxyl groups is 6. The molecule has 0 radical (unpaired) electrons. The third-order valence-electron chi connectivity index (χ3n) is 9.07. The van der Waals surface area contributed by atoms with Crippen molar-refractivity contribution in [3.63, 3.8) is 0 Å². The zero-order valence-corrected chi connectivity index (χ0v) is 35.3. The molecule has 346 valence electrons. The predicted molar refractivity (Wildman–Crippen MR) is 215 cm³/mol. The molecular formula is C38H48N2O21P2. The van der Waals surface area contributed by atoms with Crippen LogP contribution in [0.5, 0.6) is 5.75 Å². The molecule has 63 heavy (non-hydrogen) atoms. The zero-order chi connectivity index (χ0) is 46.6. The summed E-state index contributed by atoms with van der Waals surface area (Å²) in [6, 6.07) is 16.0. The van der Waals surface area contributed by atoms with E-state index in [1.54, 1.807) is 12.1 Å². The lowest BCUT2D eigenvalue weighted by Crippen LogP contribution is -2.58. The van der Waals surface area contributed by atoms with Gasteiger partial charge in [0.25, 0.3) is 5.56 Å². The number of ether oxygens (including phenoxy) is 3. The van der Waals surface area contributed by atoms with Crippen LogP contribution in [0.25, 0.3) is 6.08 Å². The Bertz CT molecular complexity index is 2290. The number of H-pyrrole nitrogens is 1. The SMILES string of the molecule is CC(C)=CCc1cc(/C=C/C(=O)O)ccc1OC(=O)CCc1ccccc1.O=c1ccn([C@@H]2O[C@H](COP(=O)(O)OP(=O)(O)O[C@H]3O[C@H](CO)[C@@H](O)[C@H](O)[C@H]3O)[C@@H](O)[C@H]2O)c(=O)[nH]1. The third-order valence-corrected chi connectivity index (χ3v) is 11.7. The Morgan fingerprint density at radius 1 is 0.873 bits per heavy atom. The molecule has 11 atom stereocenters. The van der Waals surface area contributed by atoms with Crippen LogP contribution in [0, 0.1) is 0 Å². The van der Waals surface area contributed by atoms with E-state index in [1.165, 1.54) is 6.08 Å². The topological polar surface area (TPSA) is 361 Å². The molecule has 0 amide bonds. The summed E-state index contributed by atoms with van der Waals surface area (Å²) >= 11 is 0. The number of aryl methyl sites for hydroxylation is 1. The molecule has 1 aromatic heterocycles. The van der Waals surface area contributed by atoms with Gasteiger partial charge in [0.1, 0.15) is 48.5 Å². The smallest absolute Gasteiger partial charge is 0.478 e. The van der Waals surface area contributed by atoms with Crippen molar-refractivity contribution in [3.05, 3.63) is 116 Å². The van der Waals surface area contributed by atoms with Gasteiger partial charge in [-0.15, -0.1) is 0 Å². The summed E-state index contributed by atoms with van der Waals surface area (Å²) in [5.41, 5.74) is 2.09. The third kappa shape index (κ3) is 15.3. The van der Waals surface area contributed by atoms with Gasteiger partial charge in [-0.2, -0.15) is 4.31 Å². The number of nitrogens with one attached hydrogen (secondary N) is 1. The summed E-state index contributed by atoms with van der Waals surface area (Å²) in [6.07, 6.45) is -9.19. The molecular weight excluding hydrogens is 882 g/mol. The predicted octanol–water partition coefficient (Wildman–Crippen LogP) is 0.0376. The molecule has 0 aliphatic carbocycles. The number of phosphoric ester groups is 2. The number of carboxylic acids is 1. The number of rotatable bonds is 17. The van der Waals surface area contributed by atoms with Crippen LogP contribution in [0.4, 0.5) is 0 Å². The number of hydrogen-bond acceptors (Lipinski definition) is 18. The average Bonchev–Trinajstić information content (AvgIpc) is 3.50. The van der Waals surface area contributed by atoms with E-state index in [-0.39, 0.29) is 5.97 Å². The van der Waals surface area contributed by atoms with Crippen LogP contribution in [0.15, 0.2) is 88.1 Å². The minimum absolute atomic E-state index is 0.286. The number of esters is 1. The average molecular weight is 931 g/mol. The normalized spacial score (nSPS) is 26.5. The number of carbonyl (C=O) groups excluding carboxylic acids is 1. The van der Waals surface area contributed by atoms with Crippen LogP contribution >= 0.6 is 15.6 Å². The van der Waals surface area contributed by atoms with Gasteiger partial charge in [-0.25, -0.2) is 18.7 Å². The van der Waals surface area contributed by atoms with E-state index < -0.39 is 101 Å². The fraction of sp³-hybridized carbons (Fsp3) is 0.421. The molecule has 2 aliphatic rings. The highest BCUT2D eigenvalue weighted by Gasteiger charge is 2.49. The standard InChI is InChI=1S/C23H24O4.C15H24N2O17P2/c1-17(2)8-12-20-16-19(10-14-22(24)25)9-13-21(20)27-23(26)15-11-18-6-4-3-5-7-18;18-3-5-8(20)10(22)12(24)14(32-5)33-36(28,29)34-35(26,27)30-4-6-9(21)11(23)13(31-6)17-2-1-7(19)16-15(17)25/h3-10,13-14,16H,11-12,15H2,1-2H3,(H,24,25);1-2,5-6,8-14,18,20-24H,3-4H2,(H,26,27)(H,28,29)(H,16,19,25)/b14-10+;/t;5-,6-,8-,9-,10+,11-,12-,13-,14-/m.1/s1. The van der Waals surface area contributed by atoms with Gasteiger partial charge < -0.3 is 59.7 Å². The van der Waals surface area contributed by atoms with E-state index in [2.05, 4.69) is 13.4 Å². The number of phosphoric acid groups is 2. The number of aromatic amines is 1. The van der Waals surface area contributed by atoms with Crippen LogP contribution in [0.1, 0.15) is 43.2 Å². The number of benzene rings is 2. The van der Waals surface area contributed by atoms with Crippen molar-refractivity contribution in [2.45, 2.75) is 88.4 Å². The van der Waals surface area contributed by atoms with E-state index in [1.807, 2.05) is 61.3 Å². The zero-order valence-electron chi connectivity index (χ0n) is 33.5. The minimum atomic E-state index is -5.59. The van der Waals surface area contributed by atoms with Crippen molar-refractivity contribution in [2.24, 2.45) is 0 Å². The van der Waals surface area contributed by atoms with Crippen LogP contribution < -0.4 is 16.0 Å². The first kappa shape index (κ1) is 51.1. The minimum Gasteiger partial charge on any atom is -0.478 e. The van der Waals surface area contributed by atoms with Crippen molar-refractivity contribution < 1.29 is 91.8 Å². The number of carboxylic acid groups (broad SMARTS) is 1. The highest BCUT2D eigenvalue weighted by molar-refractivity contribution is 7.61. The number of aromatic nitrogens is 2. The van der Waals surface area contributed by atoms with Gasteiger partial charge in [-0.3, -0.25) is 28.2 Å². The first-order chi connectivity index (χ1) is 29.6. The van der Waals surface area contributed by atoms with E-state index in [9.17, 15) is 63.6 Å². The lowest BCUT2D eigenvalue weighted by atomic mass is 10.00. The number of hydrogen-bond donors (Lipinski definition) is 10. The van der Waals surface area contributed by atoms with Gasteiger partial charge in [0.05, 0.1) is 13.2 Å². The summed E-state index contributed by atoms with van der Waals surface area (Å²) in [4.78, 5) is 67.5. The van der Waals surface area contributed by atoms with Gasteiger partial charge in [0.15, 0.2) is 12.5 Å². The highest BCUT2D eigenvalue weighted by Crippen LogP contribution is 2.61. The molecule has 10 N–H and O–H groups in total.